The van der Waals surface area contributed by atoms with Gasteiger partial charge in [-0.3, -0.25) is 14.8 Å². The van der Waals surface area contributed by atoms with Crippen LogP contribution in [0.25, 0.3) is 0 Å². The zero-order chi connectivity index (χ0) is 17.9. The molecule has 0 aliphatic carbocycles. The summed E-state index contributed by atoms with van der Waals surface area (Å²) in [6.45, 7) is 6.12. The first kappa shape index (κ1) is 17.7. The molecule has 0 bridgehead atoms. The van der Waals surface area contributed by atoms with Gasteiger partial charge in [-0.15, -0.1) is 0 Å². The number of benzene rings is 1. The summed E-state index contributed by atoms with van der Waals surface area (Å²) < 4.78 is 1.77. The lowest BCUT2D eigenvalue weighted by Crippen LogP contribution is -2.37. The van der Waals surface area contributed by atoms with Crippen molar-refractivity contribution in [3.63, 3.8) is 0 Å². The first-order chi connectivity index (χ1) is 11.2. The van der Waals surface area contributed by atoms with E-state index < -0.39 is 5.91 Å². The Morgan fingerprint density at radius 2 is 1.71 bits per heavy atom. The van der Waals surface area contributed by atoms with E-state index in [1.165, 1.54) is 0 Å². The highest BCUT2D eigenvalue weighted by molar-refractivity contribution is 5.94. The smallest absolute Gasteiger partial charge is 0.274 e. The Labute approximate surface area is 141 Å². The maximum atomic E-state index is 12.5. The van der Waals surface area contributed by atoms with E-state index in [1.807, 2.05) is 40.1 Å². The molecule has 24 heavy (non-hydrogen) atoms. The largest absolute Gasteiger partial charge is 0.347 e. The van der Waals surface area contributed by atoms with Crippen molar-refractivity contribution in [2.24, 2.45) is 12.5 Å². The molecular weight excluding hydrogens is 306 g/mol. The molecule has 6 nitrogen and oxygen atoms in total. The van der Waals surface area contributed by atoms with Gasteiger partial charge in [-0.05, 0) is 35.2 Å². The van der Waals surface area contributed by atoms with E-state index >= 15 is 0 Å². The Morgan fingerprint density at radius 3 is 2.17 bits per heavy atom. The first-order valence-electron chi connectivity index (χ1n) is 7.70. The summed E-state index contributed by atoms with van der Waals surface area (Å²) in [5, 5.41) is 11.8. The van der Waals surface area contributed by atoms with Crippen LogP contribution in [0.1, 0.15) is 53.2 Å². The zero-order valence-electron chi connectivity index (χ0n) is 14.3. The van der Waals surface area contributed by atoms with Gasteiger partial charge in [0.2, 0.25) is 0 Å². The van der Waals surface area contributed by atoms with Gasteiger partial charge in [0, 0.05) is 18.8 Å². The topological polar surface area (TPSA) is 83.4 Å². The number of amides is 2. The number of hydroxylamine groups is 1. The molecule has 1 aromatic heterocycles. The van der Waals surface area contributed by atoms with E-state index in [0.29, 0.717) is 11.3 Å². The molecule has 6 heteroatoms. The van der Waals surface area contributed by atoms with Crippen LogP contribution in [0.3, 0.4) is 0 Å². The normalized spacial score (nSPS) is 12.5. The van der Waals surface area contributed by atoms with Crippen LogP contribution in [0, 0.1) is 5.41 Å². The Morgan fingerprint density at radius 1 is 1.08 bits per heavy atom. The van der Waals surface area contributed by atoms with Crippen LogP contribution in [-0.2, 0) is 7.05 Å². The number of nitrogens with zero attached hydrogens (tertiary/aromatic N) is 1. The number of carbonyl (C=O) groups is 2. The van der Waals surface area contributed by atoms with Crippen molar-refractivity contribution >= 4 is 11.8 Å². The zero-order valence-corrected chi connectivity index (χ0v) is 14.3. The van der Waals surface area contributed by atoms with Gasteiger partial charge in [0.25, 0.3) is 11.8 Å². The Kier molecular flexibility index (Phi) is 5.09. The van der Waals surface area contributed by atoms with Crippen LogP contribution < -0.4 is 10.8 Å². The van der Waals surface area contributed by atoms with Gasteiger partial charge in [0.15, 0.2) is 0 Å². The van der Waals surface area contributed by atoms with Crippen LogP contribution in [0.15, 0.2) is 42.6 Å². The molecule has 0 radical (unpaired) electrons. The van der Waals surface area contributed by atoms with E-state index in [9.17, 15) is 9.59 Å². The average Bonchev–Trinajstić information content (AvgIpc) is 2.97. The predicted molar refractivity (Wildman–Crippen MR) is 90.8 cm³/mol. The van der Waals surface area contributed by atoms with Gasteiger partial charge in [0.05, 0.1) is 6.04 Å². The SMILES string of the molecule is Cn1cccc1C(=O)N[C@H](c1ccc(C(=O)NO)cc1)C(C)(C)C. The number of nitrogens with one attached hydrogen (secondary N) is 2. The minimum absolute atomic E-state index is 0.153. The lowest BCUT2D eigenvalue weighted by molar-refractivity contribution is 0.0706. The summed E-state index contributed by atoms with van der Waals surface area (Å²) in [4.78, 5) is 24.0. The molecule has 0 aliphatic heterocycles. The first-order valence-corrected chi connectivity index (χ1v) is 7.70. The highest BCUT2D eigenvalue weighted by Crippen LogP contribution is 2.33. The van der Waals surface area contributed by atoms with Gasteiger partial charge in [-0.25, -0.2) is 5.48 Å². The van der Waals surface area contributed by atoms with E-state index in [-0.39, 0.29) is 17.4 Å². The molecule has 128 valence electrons. The highest BCUT2D eigenvalue weighted by Gasteiger charge is 2.28. The van der Waals surface area contributed by atoms with E-state index in [2.05, 4.69) is 5.32 Å². The standard InChI is InChI=1S/C18H23N3O3/c1-18(2,3)15(19-17(23)14-6-5-11-21(14)4)12-7-9-13(10-8-12)16(22)20-24/h5-11,15,24H,1-4H3,(H,19,23)(H,20,22)/t15-/m1/s1. The minimum atomic E-state index is -0.568. The van der Waals surface area contributed by atoms with Crippen LogP contribution in [0.2, 0.25) is 0 Å². The van der Waals surface area contributed by atoms with E-state index in [1.54, 1.807) is 40.4 Å². The maximum absolute atomic E-state index is 12.5. The Bertz CT molecular complexity index is 727. The summed E-state index contributed by atoms with van der Waals surface area (Å²) >= 11 is 0. The Hall–Kier alpha value is -2.60. The molecule has 0 spiro atoms. The molecule has 0 saturated heterocycles. The highest BCUT2D eigenvalue weighted by atomic mass is 16.5. The number of hydrogen-bond donors (Lipinski definition) is 3. The summed E-state index contributed by atoms with van der Waals surface area (Å²) in [6, 6.07) is 10.2. The van der Waals surface area contributed by atoms with Gasteiger partial charge in [0.1, 0.15) is 5.69 Å². The minimum Gasteiger partial charge on any atom is -0.347 e. The summed E-state index contributed by atoms with van der Waals surface area (Å²) in [7, 11) is 1.82. The van der Waals surface area contributed by atoms with Crippen LogP contribution in [0.5, 0.6) is 0 Å². The third-order valence-electron chi connectivity index (χ3n) is 3.93. The van der Waals surface area contributed by atoms with Crippen molar-refractivity contribution in [2.45, 2.75) is 26.8 Å². The van der Waals surface area contributed by atoms with Crippen molar-refractivity contribution in [3.8, 4) is 0 Å². The van der Waals surface area contributed by atoms with E-state index in [0.717, 1.165) is 5.56 Å². The molecule has 1 heterocycles. The fourth-order valence-electron chi connectivity index (χ4n) is 2.59. The van der Waals surface area contributed by atoms with Crippen LogP contribution >= 0.6 is 0 Å². The number of carbonyl (C=O) groups excluding carboxylic acids is 2. The van der Waals surface area contributed by atoms with Gasteiger partial charge >= 0.3 is 0 Å². The number of aryl methyl sites for hydroxylation is 1. The monoisotopic (exact) mass is 329 g/mol. The molecule has 2 rings (SSSR count). The second kappa shape index (κ2) is 6.88. The molecule has 0 fully saturated rings. The maximum Gasteiger partial charge on any atom is 0.274 e. The molecule has 1 aromatic carbocycles. The summed E-state index contributed by atoms with van der Waals surface area (Å²) in [5.41, 5.74) is 3.21. The number of hydrogen-bond acceptors (Lipinski definition) is 3. The van der Waals surface area contributed by atoms with Crippen molar-refractivity contribution in [2.75, 3.05) is 0 Å². The second-order valence-electron chi connectivity index (χ2n) is 6.84. The average molecular weight is 329 g/mol. The predicted octanol–water partition coefficient (Wildman–Crippen LogP) is 2.66. The van der Waals surface area contributed by atoms with Crippen molar-refractivity contribution in [1.82, 2.24) is 15.4 Å². The number of aromatic nitrogens is 1. The van der Waals surface area contributed by atoms with Crippen LogP contribution in [0.4, 0.5) is 0 Å². The molecule has 0 aliphatic rings. The number of rotatable bonds is 4. The molecule has 0 unspecified atom stereocenters. The Balaban J connectivity index is 2.28. The molecular formula is C18H23N3O3. The summed E-state index contributed by atoms with van der Waals surface area (Å²) in [5.74, 6) is -0.721. The van der Waals surface area contributed by atoms with Gasteiger partial charge in [-0.2, -0.15) is 0 Å². The van der Waals surface area contributed by atoms with E-state index in [4.69, 9.17) is 5.21 Å². The molecule has 2 aromatic rings. The second-order valence-corrected chi connectivity index (χ2v) is 6.84. The van der Waals surface area contributed by atoms with Crippen molar-refractivity contribution in [3.05, 3.63) is 59.4 Å². The lowest BCUT2D eigenvalue weighted by atomic mass is 9.82. The van der Waals surface area contributed by atoms with Gasteiger partial charge < -0.3 is 9.88 Å². The van der Waals surface area contributed by atoms with Crippen LogP contribution in [-0.4, -0.2) is 21.6 Å². The fraction of sp³-hybridized carbons (Fsp3) is 0.333. The molecule has 1 atom stereocenters. The third-order valence-corrected chi connectivity index (χ3v) is 3.93. The van der Waals surface area contributed by atoms with Gasteiger partial charge in [-0.1, -0.05) is 32.9 Å². The molecule has 3 N–H and O–H groups in total. The van der Waals surface area contributed by atoms with Crippen molar-refractivity contribution in [1.29, 1.82) is 0 Å². The van der Waals surface area contributed by atoms with Crippen molar-refractivity contribution < 1.29 is 14.8 Å². The third kappa shape index (κ3) is 3.83. The quantitative estimate of drug-likeness (QED) is 0.596. The molecule has 2 amide bonds. The lowest BCUT2D eigenvalue weighted by Gasteiger charge is -2.32. The fourth-order valence-corrected chi connectivity index (χ4v) is 2.59. The summed E-state index contributed by atoms with van der Waals surface area (Å²) in [6.07, 6.45) is 1.82. The molecule has 0 saturated carbocycles.